The van der Waals surface area contributed by atoms with Crippen LogP contribution in [0, 0.1) is 0 Å². The number of nitrogens with zero attached hydrogens (tertiary/aromatic N) is 2. The number of fused-ring (bicyclic) bond motifs is 5. The SMILES string of the molecule is c1ccc(-c2ccc(-c3cccc4c3oc3cccc(-c5ccccc5C5=NC(c6ccc7ccccc7c6)NC(c6ccc7ccccc7c6)=N5)c34)cc2)cc1. The molecule has 2 heterocycles. The molecule has 0 amide bonds. The van der Waals surface area contributed by atoms with Gasteiger partial charge in [0.1, 0.15) is 23.2 Å². The molecule has 1 atom stereocenters. The standard InChI is InChI=1S/C53H35N3O/c1-2-12-34(13-3-1)37-24-28-38(29-25-37)43-20-10-22-47-49-45(21-11-23-48(49)57-50(43)47)44-18-8-9-19-46(44)53-55-51(41-30-26-35-14-4-6-16-39(35)32-41)54-52(56-53)42-31-27-36-15-5-7-17-40(36)33-42/h1-33,51H,(H,54,55,56). The highest BCUT2D eigenvalue weighted by Crippen LogP contribution is 2.42. The molecule has 57 heavy (non-hydrogen) atoms. The Labute approximate surface area is 330 Å². The van der Waals surface area contributed by atoms with Gasteiger partial charge in [0, 0.05) is 27.5 Å². The van der Waals surface area contributed by atoms with Gasteiger partial charge in [0.2, 0.25) is 0 Å². The van der Waals surface area contributed by atoms with Crippen molar-refractivity contribution in [3.05, 3.63) is 217 Å². The molecule has 1 aliphatic rings. The Hall–Kier alpha value is -7.56. The van der Waals surface area contributed by atoms with Gasteiger partial charge < -0.3 is 9.73 Å². The average Bonchev–Trinajstić information content (AvgIpc) is 3.68. The molecule has 10 aromatic rings. The van der Waals surface area contributed by atoms with Crippen molar-refractivity contribution >= 4 is 55.2 Å². The van der Waals surface area contributed by atoms with Crippen molar-refractivity contribution in [3.63, 3.8) is 0 Å². The molecule has 1 unspecified atom stereocenters. The topological polar surface area (TPSA) is 49.9 Å². The van der Waals surface area contributed by atoms with E-state index in [0.29, 0.717) is 5.84 Å². The number of benzene rings is 9. The summed E-state index contributed by atoms with van der Waals surface area (Å²) >= 11 is 0. The lowest BCUT2D eigenvalue weighted by atomic mass is 9.93. The molecular formula is C53H35N3O. The molecule has 9 aromatic carbocycles. The normalized spacial score (nSPS) is 14.1. The lowest BCUT2D eigenvalue weighted by Gasteiger charge is -2.25. The first-order chi connectivity index (χ1) is 28.2. The van der Waals surface area contributed by atoms with Crippen LogP contribution in [0.4, 0.5) is 0 Å². The van der Waals surface area contributed by atoms with Crippen LogP contribution in [0.5, 0.6) is 0 Å². The van der Waals surface area contributed by atoms with Gasteiger partial charge in [-0.2, -0.15) is 0 Å². The van der Waals surface area contributed by atoms with Gasteiger partial charge in [0.15, 0.2) is 5.84 Å². The van der Waals surface area contributed by atoms with Gasteiger partial charge in [-0.15, -0.1) is 0 Å². The summed E-state index contributed by atoms with van der Waals surface area (Å²) in [7, 11) is 0. The second-order valence-electron chi connectivity index (χ2n) is 14.6. The summed E-state index contributed by atoms with van der Waals surface area (Å²) in [5.41, 5.74) is 11.4. The third kappa shape index (κ3) is 5.87. The molecule has 4 nitrogen and oxygen atoms in total. The zero-order valence-electron chi connectivity index (χ0n) is 30.9. The molecule has 0 fully saturated rings. The summed E-state index contributed by atoms with van der Waals surface area (Å²) < 4.78 is 6.75. The van der Waals surface area contributed by atoms with E-state index in [4.69, 9.17) is 14.4 Å². The van der Waals surface area contributed by atoms with Gasteiger partial charge in [-0.1, -0.05) is 182 Å². The average molecular weight is 730 g/mol. The van der Waals surface area contributed by atoms with Crippen LogP contribution in [0.3, 0.4) is 0 Å². The van der Waals surface area contributed by atoms with E-state index in [1.807, 2.05) is 6.07 Å². The zero-order valence-corrected chi connectivity index (χ0v) is 30.9. The van der Waals surface area contributed by atoms with E-state index >= 15 is 0 Å². The van der Waals surface area contributed by atoms with E-state index in [1.165, 1.54) is 27.3 Å². The molecule has 0 aliphatic carbocycles. The minimum Gasteiger partial charge on any atom is -0.455 e. The number of hydrogen-bond acceptors (Lipinski definition) is 4. The monoisotopic (exact) mass is 729 g/mol. The Bertz CT molecular complexity index is 3210. The van der Waals surface area contributed by atoms with Crippen molar-refractivity contribution in [3.8, 4) is 33.4 Å². The van der Waals surface area contributed by atoms with Crippen molar-refractivity contribution in [2.45, 2.75) is 6.17 Å². The molecule has 0 radical (unpaired) electrons. The van der Waals surface area contributed by atoms with Crippen molar-refractivity contribution in [2.75, 3.05) is 0 Å². The molecule has 1 N–H and O–H groups in total. The summed E-state index contributed by atoms with van der Waals surface area (Å²) in [6.07, 6.45) is -0.349. The summed E-state index contributed by atoms with van der Waals surface area (Å²) in [5, 5.41) is 10.6. The van der Waals surface area contributed by atoms with E-state index in [2.05, 4.69) is 199 Å². The van der Waals surface area contributed by atoms with Gasteiger partial charge in [-0.25, -0.2) is 9.98 Å². The summed E-state index contributed by atoms with van der Waals surface area (Å²) in [4.78, 5) is 10.7. The van der Waals surface area contributed by atoms with E-state index in [9.17, 15) is 0 Å². The Morgan fingerprint density at radius 3 is 1.82 bits per heavy atom. The summed E-state index contributed by atoms with van der Waals surface area (Å²) in [5.74, 6) is 1.46. The molecule has 0 saturated carbocycles. The van der Waals surface area contributed by atoms with Crippen molar-refractivity contribution in [2.24, 2.45) is 9.98 Å². The number of aliphatic imine (C=N–C) groups is 2. The van der Waals surface area contributed by atoms with Crippen molar-refractivity contribution < 1.29 is 4.42 Å². The molecule has 0 spiro atoms. The first-order valence-corrected chi connectivity index (χ1v) is 19.3. The maximum atomic E-state index is 6.75. The van der Waals surface area contributed by atoms with Gasteiger partial charge in [-0.05, 0) is 73.1 Å². The fraction of sp³-hybridized carbons (Fsp3) is 0.0189. The highest BCUT2D eigenvalue weighted by Gasteiger charge is 2.24. The highest BCUT2D eigenvalue weighted by atomic mass is 16.3. The van der Waals surface area contributed by atoms with E-state index < -0.39 is 0 Å². The van der Waals surface area contributed by atoms with Gasteiger partial charge in [0.05, 0.1) is 0 Å². The van der Waals surface area contributed by atoms with Gasteiger partial charge in [-0.3, -0.25) is 0 Å². The molecule has 11 rings (SSSR count). The van der Waals surface area contributed by atoms with Crippen molar-refractivity contribution in [1.29, 1.82) is 0 Å². The highest BCUT2D eigenvalue weighted by molar-refractivity contribution is 6.20. The Kier molecular flexibility index (Phi) is 7.85. The largest absolute Gasteiger partial charge is 0.455 e. The Morgan fingerprint density at radius 1 is 0.421 bits per heavy atom. The van der Waals surface area contributed by atoms with Crippen LogP contribution in [0.1, 0.15) is 22.9 Å². The molecule has 1 aromatic heterocycles. The van der Waals surface area contributed by atoms with Crippen LogP contribution in [0.15, 0.2) is 215 Å². The predicted molar refractivity (Wildman–Crippen MR) is 237 cm³/mol. The molecule has 1 aliphatic heterocycles. The first kappa shape index (κ1) is 32.8. The van der Waals surface area contributed by atoms with Crippen LogP contribution in [-0.4, -0.2) is 11.7 Å². The second-order valence-corrected chi connectivity index (χ2v) is 14.6. The minimum absolute atomic E-state index is 0.349. The maximum Gasteiger partial charge on any atom is 0.160 e. The number of para-hydroxylation sites is 1. The smallest absolute Gasteiger partial charge is 0.160 e. The predicted octanol–water partition coefficient (Wildman–Crippen LogP) is 13.4. The first-order valence-electron chi connectivity index (χ1n) is 19.3. The number of furan rings is 1. The minimum atomic E-state index is -0.349. The lowest BCUT2D eigenvalue weighted by Crippen LogP contribution is -2.33. The number of hydrogen-bond donors (Lipinski definition) is 1. The van der Waals surface area contributed by atoms with E-state index in [-0.39, 0.29) is 6.17 Å². The third-order valence-corrected chi connectivity index (χ3v) is 11.1. The lowest BCUT2D eigenvalue weighted by molar-refractivity contribution is 0.670. The van der Waals surface area contributed by atoms with Crippen LogP contribution in [0.25, 0.3) is 76.9 Å². The Balaban J connectivity index is 1.05. The zero-order chi connectivity index (χ0) is 37.7. The maximum absolute atomic E-state index is 6.75. The van der Waals surface area contributed by atoms with E-state index in [0.717, 1.165) is 72.1 Å². The van der Waals surface area contributed by atoms with Crippen LogP contribution in [0.2, 0.25) is 0 Å². The Morgan fingerprint density at radius 2 is 1.02 bits per heavy atom. The summed E-state index contributed by atoms with van der Waals surface area (Å²) in [6, 6.07) is 70.5. The van der Waals surface area contributed by atoms with Gasteiger partial charge >= 0.3 is 0 Å². The number of rotatable bonds is 6. The molecular weight excluding hydrogens is 695 g/mol. The van der Waals surface area contributed by atoms with E-state index in [1.54, 1.807) is 0 Å². The third-order valence-electron chi connectivity index (χ3n) is 11.1. The van der Waals surface area contributed by atoms with Crippen LogP contribution in [-0.2, 0) is 0 Å². The second kappa shape index (κ2) is 13.6. The molecule has 268 valence electrons. The van der Waals surface area contributed by atoms with Crippen molar-refractivity contribution in [1.82, 2.24) is 5.32 Å². The molecule has 0 saturated heterocycles. The fourth-order valence-electron chi connectivity index (χ4n) is 8.29. The molecule has 0 bridgehead atoms. The number of amidine groups is 2. The summed E-state index contributed by atoms with van der Waals surface area (Å²) in [6.45, 7) is 0. The van der Waals surface area contributed by atoms with Crippen LogP contribution < -0.4 is 5.32 Å². The molecule has 4 heteroatoms. The number of nitrogens with one attached hydrogen (secondary N) is 1. The fourth-order valence-corrected chi connectivity index (χ4v) is 8.29. The van der Waals surface area contributed by atoms with Gasteiger partial charge in [0.25, 0.3) is 0 Å². The quantitative estimate of drug-likeness (QED) is 0.185. The van der Waals surface area contributed by atoms with Crippen LogP contribution >= 0.6 is 0 Å².